The van der Waals surface area contributed by atoms with Crippen molar-refractivity contribution in [3.8, 4) is 23.0 Å². The molecular formula is C24H20O7. The van der Waals surface area contributed by atoms with Gasteiger partial charge in [0.15, 0.2) is 35.0 Å². The van der Waals surface area contributed by atoms with Crippen molar-refractivity contribution in [3.05, 3.63) is 69.9 Å². The van der Waals surface area contributed by atoms with Gasteiger partial charge in [0.1, 0.15) is 5.58 Å². The van der Waals surface area contributed by atoms with Crippen molar-refractivity contribution in [2.75, 3.05) is 13.7 Å². The first-order valence-corrected chi connectivity index (χ1v) is 9.82. The van der Waals surface area contributed by atoms with Crippen molar-refractivity contribution < 1.29 is 28.8 Å². The highest BCUT2D eigenvalue weighted by Crippen LogP contribution is 2.46. The molecule has 0 fully saturated rings. The first-order chi connectivity index (χ1) is 15.0. The van der Waals surface area contributed by atoms with Gasteiger partial charge in [0.05, 0.1) is 24.5 Å². The Bertz CT molecular complexity index is 1370. The molecule has 2 atom stereocenters. The van der Waals surface area contributed by atoms with Crippen LogP contribution < -0.4 is 19.6 Å². The van der Waals surface area contributed by atoms with E-state index in [0.29, 0.717) is 39.0 Å². The van der Waals surface area contributed by atoms with Crippen molar-refractivity contribution in [1.82, 2.24) is 0 Å². The first-order valence-electron chi connectivity index (χ1n) is 9.82. The summed E-state index contributed by atoms with van der Waals surface area (Å²) in [5.41, 5.74) is 1.94. The molecule has 0 radical (unpaired) electrons. The van der Waals surface area contributed by atoms with E-state index in [1.54, 1.807) is 42.5 Å². The quantitative estimate of drug-likeness (QED) is 0.486. The lowest BCUT2D eigenvalue weighted by atomic mass is 10.0. The summed E-state index contributed by atoms with van der Waals surface area (Å²) in [6.45, 7) is 1.49. The molecule has 0 saturated carbocycles. The second-order valence-electron chi connectivity index (χ2n) is 7.46. The van der Waals surface area contributed by atoms with Crippen molar-refractivity contribution in [2.45, 2.75) is 19.1 Å². The van der Waals surface area contributed by atoms with Crippen LogP contribution in [0.2, 0.25) is 0 Å². The molecule has 1 aliphatic heterocycles. The summed E-state index contributed by atoms with van der Waals surface area (Å²) in [5, 5.41) is 20.8. The van der Waals surface area contributed by atoms with Crippen LogP contribution in [-0.2, 0) is 0 Å². The summed E-state index contributed by atoms with van der Waals surface area (Å²) < 4.78 is 23.6. The molecule has 0 bridgehead atoms. The minimum atomic E-state index is -0.761. The van der Waals surface area contributed by atoms with E-state index in [4.69, 9.17) is 18.6 Å². The highest BCUT2D eigenvalue weighted by molar-refractivity contribution is 5.94. The summed E-state index contributed by atoms with van der Waals surface area (Å²) >= 11 is 0. The maximum atomic E-state index is 13.0. The van der Waals surface area contributed by atoms with Gasteiger partial charge in [-0.1, -0.05) is 18.2 Å². The van der Waals surface area contributed by atoms with E-state index in [9.17, 15) is 15.0 Å². The van der Waals surface area contributed by atoms with Gasteiger partial charge in [-0.2, -0.15) is 0 Å². The number of benzene rings is 3. The van der Waals surface area contributed by atoms with Crippen molar-refractivity contribution in [2.24, 2.45) is 0 Å². The maximum Gasteiger partial charge on any atom is 0.205 e. The fourth-order valence-corrected chi connectivity index (χ4v) is 3.98. The third-order valence-corrected chi connectivity index (χ3v) is 5.53. The van der Waals surface area contributed by atoms with Crippen LogP contribution in [0.3, 0.4) is 0 Å². The number of rotatable bonds is 3. The van der Waals surface area contributed by atoms with Crippen LogP contribution in [0.25, 0.3) is 21.9 Å². The van der Waals surface area contributed by atoms with Gasteiger partial charge in [-0.15, -0.1) is 0 Å². The topological polar surface area (TPSA) is 98.4 Å². The predicted molar refractivity (Wildman–Crippen MR) is 114 cm³/mol. The highest BCUT2D eigenvalue weighted by Gasteiger charge is 2.36. The molecule has 2 N–H and O–H groups in total. The molecule has 1 aliphatic rings. The number of phenols is 1. The largest absolute Gasteiger partial charge is 0.504 e. The SMILES string of the molecule is COc1cc([C@@H]2Oc3c(C)cc4c(=O)c5ccccc5oc4c3O[C@H]2CO)ccc1O. The molecular weight excluding hydrogens is 400 g/mol. The number of aliphatic hydroxyl groups excluding tert-OH is 1. The summed E-state index contributed by atoms with van der Waals surface area (Å²) in [6, 6.07) is 13.6. The molecule has 0 unspecified atom stereocenters. The van der Waals surface area contributed by atoms with Gasteiger partial charge >= 0.3 is 0 Å². The van der Waals surface area contributed by atoms with Gasteiger partial charge in [-0.05, 0) is 42.8 Å². The standard InChI is InChI=1S/C24H20O7/c1-12-9-15-20(27)14-5-3-4-6-17(14)29-23(15)24-21(12)31-22(19(11-25)30-24)13-7-8-16(26)18(10-13)28-2/h3-10,19,22,25-26H,11H2,1-2H3/t19-,22-/m0/s1. The number of aryl methyl sites for hydroxylation is 1. The number of para-hydroxylation sites is 1. The van der Waals surface area contributed by atoms with Gasteiger partial charge < -0.3 is 28.8 Å². The average Bonchev–Trinajstić information content (AvgIpc) is 2.80. The molecule has 4 aromatic rings. The maximum absolute atomic E-state index is 13.0. The molecule has 31 heavy (non-hydrogen) atoms. The molecule has 0 saturated heterocycles. The van der Waals surface area contributed by atoms with Crippen molar-refractivity contribution in [1.29, 1.82) is 0 Å². The molecule has 0 aliphatic carbocycles. The zero-order chi connectivity index (χ0) is 21.7. The number of ether oxygens (including phenoxy) is 3. The summed E-state index contributed by atoms with van der Waals surface area (Å²) in [4.78, 5) is 13.0. The minimum Gasteiger partial charge on any atom is -0.504 e. The number of aliphatic hydroxyl groups is 1. The van der Waals surface area contributed by atoms with Crippen molar-refractivity contribution >= 4 is 21.9 Å². The third kappa shape index (κ3) is 2.97. The van der Waals surface area contributed by atoms with E-state index in [1.165, 1.54) is 13.2 Å². The van der Waals surface area contributed by atoms with Crippen LogP contribution in [0, 0.1) is 6.92 Å². The van der Waals surface area contributed by atoms with Gasteiger partial charge in [-0.3, -0.25) is 4.79 Å². The number of fused-ring (bicyclic) bond motifs is 4. The first kappa shape index (κ1) is 19.3. The Morgan fingerprint density at radius 1 is 1.03 bits per heavy atom. The minimum absolute atomic E-state index is 0.000227. The molecule has 158 valence electrons. The molecule has 7 heteroatoms. The van der Waals surface area contributed by atoms with Gasteiger partial charge in [0.2, 0.25) is 11.2 Å². The summed E-state index contributed by atoms with van der Waals surface area (Å²) in [7, 11) is 1.46. The van der Waals surface area contributed by atoms with E-state index in [0.717, 1.165) is 0 Å². The molecule has 5 rings (SSSR count). The molecule has 7 nitrogen and oxygen atoms in total. The van der Waals surface area contributed by atoms with Crippen LogP contribution >= 0.6 is 0 Å². The Labute approximate surface area is 177 Å². The lowest BCUT2D eigenvalue weighted by Crippen LogP contribution is -2.36. The van der Waals surface area contributed by atoms with Crippen LogP contribution in [0.5, 0.6) is 23.0 Å². The van der Waals surface area contributed by atoms with E-state index in [2.05, 4.69) is 0 Å². The number of phenolic OH excluding ortho intramolecular Hbond substituents is 1. The number of aromatic hydroxyl groups is 1. The Kier molecular flexibility index (Phi) is 4.48. The zero-order valence-corrected chi connectivity index (χ0v) is 16.9. The summed E-state index contributed by atoms with van der Waals surface area (Å²) in [6.07, 6.45) is -1.42. The Morgan fingerprint density at radius 2 is 1.84 bits per heavy atom. The van der Waals surface area contributed by atoms with Gasteiger partial charge in [0, 0.05) is 5.56 Å². The third-order valence-electron chi connectivity index (χ3n) is 5.53. The Morgan fingerprint density at radius 3 is 2.61 bits per heavy atom. The van der Waals surface area contributed by atoms with Gasteiger partial charge in [0.25, 0.3) is 0 Å². The smallest absolute Gasteiger partial charge is 0.205 e. The lowest BCUT2D eigenvalue weighted by Gasteiger charge is -2.34. The predicted octanol–water partition coefficient (Wildman–Crippen LogP) is 3.84. The van der Waals surface area contributed by atoms with Gasteiger partial charge in [-0.25, -0.2) is 0 Å². The summed E-state index contributed by atoms with van der Waals surface area (Å²) in [5.74, 6) is 1.02. The van der Waals surface area contributed by atoms with Crippen LogP contribution in [0.1, 0.15) is 17.2 Å². The Hall–Kier alpha value is -3.71. The van der Waals surface area contributed by atoms with Crippen LogP contribution in [0.15, 0.2) is 57.7 Å². The second kappa shape index (κ2) is 7.21. The average molecular weight is 420 g/mol. The van der Waals surface area contributed by atoms with Crippen LogP contribution in [-0.4, -0.2) is 30.0 Å². The second-order valence-corrected chi connectivity index (χ2v) is 7.46. The number of hydrogen-bond donors (Lipinski definition) is 2. The van der Waals surface area contributed by atoms with E-state index < -0.39 is 12.2 Å². The molecule has 3 aromatic carbocycles. The van der Waals surface area contributed by atoms with E-state index >= 15 is 0 Å². The van der Waals surface area contributed by atoms with E-state index in [-0.39, 0.29) is 29.1 Å². The normalized spacial score (nSPS) is 17.8. The van der Waals surface area contributed by atoms with Crippen LogP contribution in [0.4, 0.5) is 0 Å². The van der Waals surface area contributed by atoms with E-state index in [1.807, 2.05) is 6.92 Å². The Balaban J connectivity index is 1.70. The zero-order valence-electron chi connectivity index (χ0n) is 16.9. The number of methoxy groups -OCH3 is 1. The molecule has 0 amide bonds. The number of hydrogen-bond acceptors (Lipinski definition) is 7. The molecule has 2 heterocycles. The molecule has 1 aromatic heterocycles. The lowest BCUT2D eigenvalue weighted by molar-refractivity contribution is -0.0122. The van der Waals surface area contributed by atoms with Crippen molar-refractivity contribution in [3.63, 3.8) is 0 Å². The fourth-order valence-electron chi connectivity index (χ4n) is 3.98. The molecule has 0 spiro atoms. The fraction of sp³-hybridized carbons (Fsp3) is 0.208. The highest BCUT2D eigenvalue weighted by atomic mass is 16.6. The monoisotopic (exact) mass is 420 g/mol.